The third kappa shape index (κ3) is 7.57. The Kier molecular flexibility index (Phi) is 10.8. The molecule has 0 aliphatic rings. The first-order valence-electron chi connectivity index (χ1n) is 18.5. The van der Waals surface area contributed by atoms with Gasteiger partial charge >= 0.3 is 5.97 Å². The molecule has 3 aromatic heterocycles. The van der Waals surface area contributed by atoms with E-state index in [-0.39, 0.29) is 36.3 Å². The third-order valence-electron chi connectivity index (χ3n) is 9.68. The van der Waals surface area contributed by atoms with Crippen LogP contribution in [-0.2, 0) is 22.6 Å². The first kappa shape index (κ1) is 37.9. The van der Waals surface area contributed by atoms with Gasteiger partial charge in [-0.25, -0.2) is 14.8 Å². The minimum Gasteiger partial charge on any atom is -0.506 e. The van der Waals surface area contributed by atoms with Crippen LogP contribution in [0.4, 0.5) is 0 Å². The molecular formula is C45H37ClN6O6. The molecule has 1 N–H and O–H groups in total. The molecular weight excluding hydrogens is 756 g/mol. The van der Waals surface area contributed by atoms with E-state index < -0.39 is 12.1 Å². The average molecular weight is 793 g/mol. The van der Waals surface area contributed by atoms with Crippen molar-refractivity contribution in [3.8, 4) is 56.9 Å². The van der Waals surface area contributed by atoms with Crippen molar-refractivity contribution in [3.05, 3.63) is 144 Å². The number of aromatic hydroxyl groups is 1. The molecule has 0 bridgehead atoms. The zero-order chi connectivity index (χ0) is 40.2. The van der Waals surface area contributed by atoms with E-state index in [0.717, 1.165) is 21.9 Å². The molecule has 0 spiro atoms. The van der Waals surface area contributed by atoms with E-state index in [4.69, 9.17) is 40.6 Å². The first-order chi connectivity index (χ1) is 28.3. The highest BCUT2D eigenvalue weighted by Gasteiger charge is 2.29. The number of methoxy groups -OCH3 is 1. The molecule has 58 heavy (non-hydrogen) atoms. The lowest BCUT2D eigenvalue weighted by Crippen LogP contribution is -2.32. The Hall–Kier alpha value is -7.05. The largest absolute Gasteiger partial charge is 0.506 e. The van der Waals surface area contributed by atoms with Crippen LogP contribution in [0.1, 0.15) is 23.7 Å². The molecule has 5 aromatic carbocycles. The van der Waals surface area contributed by atoms with Gasteiger partial charge in [0.25, 0.3) is 0 Å². The Morgan fingerprint density at radius 1 is 0.879 bits per heavy atom. The first-order valence-corrected chi connectivity index (χ1v) is 18.9. The predicted octanol–water partition coefficient (Wildman–Crippen LogP) is 8.88. The van der Waals surface area contributed by atoms with Crippen LogP contribution in [0, 0.1) is 6.92 Å². The summed E-state index contributed by atoms with van der Waals surface area (Å²) in [7, 11) is 1.61. The van der Waals surface area contributed by atoms with Crippen molar-refractivity contribution in [3.63, 3.8) is 0 Å². The van der Waals surface area contributed by atoms with Gasteiger partial charge < -0.3 is 24.1 Å². The van der Waals surface area contributed by atoms with Gasteiger partial charge in [-0.05, 0) is 77.7 Å². The minimum atomic E-state index is -1.16. The minimum absolute atomic E-state index is 0.0563. The smallest absolute Gasteiger partial charge is 0.347 e. The second kappa shape index (κ2) is 16.6. The molecule has 0 saturated carbocycles. The highest BCUT2D eigenvalue weighted by molar-refractivity contribution is 6.33. The molecule has 0 aliphatic heterocycles. The Balaban J connectivity index is 1.16. The van der Waals surface area contributed by atoms with Crippen molar-refractivity contribution in [2.24, 2.45) is 0 Å². The maximum atomic E-state index is 13.7. The van der Waals surface area contributed by atoms with Crippen molar-refractivity contribution in [1.82, 2.24) is 29.8 Å². The van der Waals surface area contributed by atoms with E-state index in [0.29, 0.717) is 56.5 Å². The number of carbonyl (C=O) groups excluding carboxylic acids is 1. The zero-order valence-corrected chi connectivity index (χ0v) is 32.6. The normalized spacial score (nSPS) is 11.7. The Morgan fingerprint density at radius 2 is 1.66 bits per heavy atom. The van der Waals surface area contributed by atoms with Gasteiger partial charge in [0, 0.05) is 23.7 Å². The van der Waals surface area contributed by atoms with Crippen molar-refractivity contribution in [2.45, 2.75) is 33.0 Å². The maximum Gasteiger partial charge on any atom is 0.347 e. The fraction of sp³-hybridized carbons (Fsp3) is 0.156. The van der Waals surface area contributed by atoms with Crippen LogP contribution >= 0.6 is 11.6 Å². The monoisotopic (exact) mass is 792 g/mol. The molecule has 12 nitrogen and oxygen atoms in total. The number of para-hydroxylation sites is 2. The van der Waals surface area contributed by atoms with Crippen LogP contribution < -0.4 is 14.2 Å². The molecule has 13 heteroatoms. The van der Waals surface area contributed by atoms with Gasteiger partial charge in [-0.2, -0.15) is 4.98 Å². The Morgan fingerprint density at radius 3 is 2.48 bits per heavy atom. The number of rotatable bonds is 13. The number of hydrogen-bond acceptors (Lipinski definition) is 11. The van der Waals surface area contributed by atoms with Crippen molar-refractivity contribution in [2.75, 3.05) is 13.7 Å². The number of phenols is 1. The number of fused-ring (bicyclic) bond motifs is 2. The van der Waals surface area contributed by atoms with Crippen LogP contribution in [0.15, 0.2) is 122 Å². The summed E-state index contributed by atoms with van der Waals surface area (Å²) < 4.78 is 25.4. The van der Waals surface area contributed by atoms with Crippen molar-refractivity contribution in [1.29, 1.82) is 0 Å². The number of nitrogens with zero attached hydrogens (tertiary/aromatic N) is 6. The molecule has 0 saturated heterocycles. The lowest BCUT2D eigenvalue weighted by molar-refractivity contribution is -0.151. The van der Waals surface area contributed by atoms with Gasteiger partial charge in [-0.15, -0.1) is 14.8 Å². The number of ether oxygens (including phenoxy) is 4. The van der Waals surface area contributed by atoms with Crippen LogP contribution in [-0.4, -0.2) is 60.7 Å². The fourth-order valence-corrected chi connectivity index (χ4v) is 7.00. The number of aromatic nitrogens is 6. The Labute approximate surface area is 338 Å². The second-order valence-corrected chi connectivity index (χ2v) is 13.7. The van der Waals surface area contributed by atoms with Gasteiger partial charge in [0.1, 0.15) is 35.9 Å². The van der Waals surface area contributed by atoms with E-state index in [2.05, 4.69) is 15.1 Å². The van der Waals surface area contributed by atoms with Crippen molar-refractivity contribution >= 4 is 33.9 Å². The van der Waals surface area contributed by atoms with Gasteiger partial charge in [-0.1, -0.05) is 84.4 Å². The summed E-state index contributed by atoms with van der Waals surface area (Å²) >= 11 is 6.62. The van der Waals surface area contributed by atoms with Crippen LogP contribution in [0.2, 0.25) is 5.02 Å². The van der Waals surface area contributed by atoms with E-state index in [1.54, 1.807) is 32.4 Å². The summed E-state index contributed by atoms with van der Waals surface area (Å²) in [5, 5.41) is 22.2. The van der Waals surface area contributed by atoms with Crippen LogP contribution in [0.25, 0.3) is 50.1 Å². The molecule has 0 fully saturated rings. The summed E-state index contributed by atoms with van der Waals surface area (Å²) in [5.41, 5.74) is 5.76. The van der Waals surface area contributed by atoms with Gasteiger partial charge in [0.05, 0.1) is 30.0 Å². The number of benzene rings is 5. The topological polar surface area (TPSA) is 143 Å². The molecule has 1 unspecified atom stereocenters. The summed E-state index contributed by atoms with van der Waals surface area (Å²) in [6.07, 6.45) is 1.92. The van der Waals surface area contributed by atoms with E-state index in [9.17, 15) is 9.90 Å². The lowest BCUT2D eigenvalue weighted by Gasteiger charge is -2.19. The molecule has 3 heterocycles. The average Bonchev–Trinajstić information content (AvgIpc) is 3.65. The zero-order valence-electron chi connectivity index (χ0n) is 31.8. The molecule has 0 amide bonds. The summed E-state index contributed by atoms with van der Waals surface area (Å²) in [5.74, 6) is 1.14. The molecule has 1 atom stereocenters. The van der Waals surface area contributed by atoms with Gasteiger partial charge in [0.2, 0.25) is 12.0 Å². The summed E-state index contributed by atoms with van der Waals surface area (Å²) in [4.78, 5) is 27.4. The summed E-state index contributed by atoms with van der Waals surface area (Å²) in [6.45, 7) is 3.81. The molecule has 0 aliphatic carbocycles. The fourth-order valence-electron chi connectivity index (χ4n) is 6.84. The molecule has 0 radical (unpaired) electrons. The van der Waals surface area contributed by atoms with Crippen LogP contribution in [0.3, 0.4) is 0 Å². The Bertz CT molecular complexity index is 2790. The SMILES string of the molecule is CCOC(=O)C(Cc1ccccc1OCc1ccnc(-c2ccccc2OC)n1)Oc1ncnn2nc(-c3ccc4ccccc4c3)c(-c3ccc(O)c(Cl)c3C)c12. The maximum absolute atomic E-state index is 13.7. The lowest BCUT2D eigenvalue weighted by atomic mass is 9.95. The second-order valence-electron chi connectivity index (χ2n) is 13.3. The van der Waals surface area contributed by atoms with E-state index in [1.165, 1.54) is 17.0 Å². The number of halogens is 1. The van der Waals surface area contributed by atoms with E-state index in [1.807, 2.05) is 97.9 Å². The highest BCUT2D eigenvalue weighted by Crippen LogP contribution is 2.43. The van der Waals surface area contributed by atoms with Gasteiger partial charge in [-0.3, -0.25) is 0 Å². The summed E-state index contributed by atoms with van der Waals surface area (Å²) in [6, 6.07) is 34.1. The molecule has 290 valence electrons. The number of hydrogen-bond donors (Lipinski definition) is 1. The quantitative estimate of drug-likeness (QED) is 0.112. The molecule has 8 aromatic rings. The highest BCUT2D eigenvalue weighted by atomic mass is 35.5. The number of esters is 1. The van der Waals surface area contributed by atoms with Crippen LogP contribution in [0.5, 0.6) is 23.1 Å². The number of carbonyl (C=O) groups is 1. The molecule has 8 rings (SSSR count). The van der Waals surface area contributed by atoms with E-state index >= 15 is 0 Å². The predicted molar refractivity (Wildman–Crippen MR) is 220 cm³/mol. The number of phenolic OH excluding ortho intramolecular Hbond substituents is 1. The van der Waals surface area contributed by atoms with Crippen molar-refractivity contribution < 1.29 is 28.8 Å². The third-order valence-corrected chi connectivity index (χ3v) is 10.2. The standard InChI is InChI=1S/C45H37ClN6O6/c1-4-56-45(54)38(24-30-13-7-9-15-36(30)57-25-32-21-22-47-43(50-32)34-14-8-10-16-37(34)55-3)58-44-42-39(33-19-20-35(53)40(46)27(33)2)41(51-52(42)49-26-48-44)31-18-17-28-11-5-6-12-29(28)23-31/h5-23,26,38,53H,4,24-25H2,1-3H3. The van der Waals surface area contributed by atoms with Gasteiger partial charge in [0.15, 0.2) is 11.3 Å².